The van der Waals surface area contributed by atoms with Crippen LogP contribution >= 0.6 is 0 Å². The van der Waals surface area contributed by atoms with Gasteiger partial charge in [0.15, 0.2) is 0 Å². The molecule has 122 valence electrons. The molecule has 1 saturated heterocycles. The molecule has 1 fully saturated rings. The summed E-state index contributed by atoms with van der Waals surface area (Å²) in [5.41, 5.74) is 0.919. The average Bonchev–Trinajstić information content (AvgIpc) is 2.47. The normalized spacial score (nSPS) is 23.2. The first-order valence-corrected chi connectivity index (χ1v) is 8.69. The number of halogens is 1. The maximum atomic E-state index is 13.7. The smallest absolute Gasteiger partial charge is 0.324 e. The second-order valence-corrected chi connectivity index (χ2v) is 7.22. The monoisotopic (exact) mass is 329 g/mol. The van der Waals surface area contributed by atoms with Crippen LogP contribution in [-0.4, -0.2) is 44.1 Å². The van der Waals surface area contributed by atoms with Crippen LogP contribution < -0.4 is 0 Å². The van der Waals surface area contributed by atoms with Crippen molar-refractivity contribution in [3.05, 3.63) is 29.8 Å². The summed E-state index contributed by atoms with van der Waals surface area (Å²) in [7, 11) is -3.93. The Bertz CT molecular complexity index is 629. The molecule has 0 amide bonds. The summed E-state index contributed by atoms with van der Waals surface area (Å²) in [6, 6.07) is 5.31. The van der Waals surface area contributed by atoms with Crippen LogP contribution in [0.4, 0.5) is 4.39 Å². The van der Waals surface area contributed by atoms with Crippen molar-refractivity contribution in [2.45, 2.75) is 43.8 Å². The lowest BCUT2D eigenvalue weighted by molar-refractivity contribution is -0.149. The molecular formula is C15H20FNO4S. The summed E-state index contributed by atoms with van der Waals surface area (Å²) >= 11 is 0. The van der Waals surface area contributed by atoms with Gasteiger partial charge in [-0.3, -0.25) is 4.79 Å². The van der Waals surface area contributed by atoms with Crippen molar-refractivity contribution < 1.29 is 22.3 Å². The number of nitrogens with zero attached hydrogens (tertiary/aromatic N) is 1. The van der Waals surface area contributed by atoms with Crippen molar-refractivity contribution in [1.29, 1.82) is 0 Å². The Kier molecular flexibility index (Phi) is 5.18. The van der Waals surface area contributed by atoms with Crippen LogP contribution in [0.3, 0.4) is 0 Å². The Morgan fingerprint density at radius 2 is 1.95 bits per heavy atom. The fourth-order valence-electron chi connectivity index (χ4n) is 2.48. The number of alkyl halides is 1. The second-order valence-electron chi connectivity index (χ2n) is 5.33. The Morgan fingerprint density at radius 3 is 2.55 bits per heavy atom. The van der Waals surface area contributed by atoms with E-state index in [0.29, 0.717) is 0 Å². The molecule has 0 radical (unpaired) electrons. The summed E-state index contributed by atoms with van der Waals surface area (Å²) < 4.78 is 45.0. The molecule has 1 heterocycles. The highest BCUT2D eigenvalue weighted by molar-refractivity contribution is 7.89. The van der Waals surface area contributed by atoms with Gasteiger partial charge in [-0.15, -0.1) is 0 Å². The number of sulfonamides is 1. The van der Waals surface area contributed by atoms with Crippen LogP contribution in [0.2, 0.25) is 0 Å². The molecule has 5 nitrogen and oxygen atoms in total. The van der Waals surface area contributed by atoms with Gasteiger partial charge in [0.25, 0.3) is 0 Å². The predicted molar refractivity (Wildman–Crippen MR) is 79.6 cm³/mol. The third-order valence-corrected chi connectivity index (χ3v) is 5.55. The van der Waals surface area contributed by atoms with Gasteiger partial charge < -0.3 is 4.74 Å². The maximum absolute atomic E-state index is 13.7. The van der Waals surface area contributed by atoms with Gasteiger partial charge in [-0.1, -0.05) is 17.7 Å². The molecule has 0 N–H and O–H groups in total. The lowest BCUT2D eigenvalue weighted by Crippen LogP contribution is -2.51. The van der Waals surface area contributed by atoms with Crippen LogP contribution in [0.1, 0.15) is 25.3 Å². The van der Waals surface area contributed by atoms with Gasteiger partial charge in [0.1, 0.15) is 12.2 Å². The molecule has 0 aliphatic carbocycles. The molecule has 1 aliphatic rings. The van der Waals surface area contributed by atoms with E-state index in [9.17, 15) is 17.6 Å². The van der Waals surface area contributed by atoms with Crippen LogP contribution in [0.15, 0.2) is 29.2 Å². The minimum absolute atomic E-state index is 0.0569. The van der Waals surface area contributed by atoms with E-state index in [1.54, 1.807) is 19.1 Å². The number of carbonyl (C=O) groups excluding carboxylic acids is 1. The number of rotatable bonds is 4. The quantitative estimate of drug-likeness (QED) is 0.793. The van der Waals surface area contributed by atoms with E-state index in [1.165, 1.54) is 12.1 Å². The highest BCUT2D eigenvalue weighted by atomic mass is 32.2. The van der Waals surface area contributed by atoms with Crippen molar-refractivity contribution in [2.75, 3.05) is 13.2 Å². The number of aryl methyl sites for hydroxylation is 1. The molecule has 0 bridgehead atoms. The van der Waals surface area contributed by atoms with Gasteiger partial charge in [0, 0.05) is 6.54 Å². The minimum atomic E-state index is -3.93. The van der Waals surface area contributed by atoms with E-state index >= 15 is 0 Å². The van der Waals surface area contributed by atoms with Gasteiger partial charge in [-0.25, -0.2) is 12.8 Å². The molecule has 0 spiro atoms. The fraction of sp³-hybridized carbons (Fsp3) is 0.533. The molecule has 2 atom stereocenters. The van der Waals surface area contributed by atoms with Crippen molar-refractivity contribution in [3.63, 3.8) is 0 Å². The van der Waals surface area contributed by atoms with E-state index in [-0.39, 0.29) is 30.9 Å². The van der Waals surface area contributed by atoms with E-state index in [4.69, 9.17) is 4.74 Å². The van der Waals surface area contributed by atoms with Gasteiger partial charge in [-0.2, -0.15) is 4.31 Å². The average molecular weight is 329 g/mol. The standard InChI is InChI=1S/C15H20FNO4S/c1-3-21-15(18)14-9-6-12(16)10-17(14)22(19,20)13-7-4-11(2)5-8-13/h4-5,7-8,12,14H,3,6,9-10H2,1-2H3/t12-,14?/m1/s1. The molecule has 0 saturated carbocycles. The molecule has 0 aromatic heterocycles. The molecule has 22 heavy (non-hydrogen) atoms. The topological polar surface area (TPSA) is 63.7 Å². The number of esters is 1. The first-order valence-electron chi connectivity index (χ1n) is 7.25. The highest BCUT2D eigenvalue weighted by Gasteiger charge is 2.41. The number of ether oxygens (including phenoxy) is 1. The van der Waals surface area contributed by atoms with E-state index in [1.807, 2.05) is 6.92 Å². The molecule has 1 aliphatic heterocycles. The Labute approximate surface area is 130 Å². The summed E-state index contributed by atoms with van der Waals surface area (Å²) in [5.74, 6) is -0.620. The summed E-state index contributed by atoms with van der Waals surface area (Å²) in [5, 5.41) is 0. The number of hydrogen-bond donors (Lipinski definition) is 0. The molecule has 1 aromatic carbocycles. The van der Waals surface area contributed by atoms with Crippen LogP contribution in [0.25, 0.3) is 0 Å². The van der Waals surface area contributed by atoms with Gasteiger partial charge >= 0.3 is 5.97 Å². The first kappa shape index (κ1) is 16.9. The van der Waals surface area contributed by atoms with Gasteiger partial charge in [-0.05, 0) is 38.8 Å². The maximum Gasteiger partial charge on any atom is 0.324 e. The molecule has 7 heteroatoms. The van der Waals surface area contributed by atoms with Crippen LogP contribution in [0, 0.1) is 6.92 Å². The number of benzene rings is 1. The number of piperidine rings is 1. The van der Waals surface area contributed by atoms with Crippen molar-refractivity contribution in [1.82, 2.24) is 4.31 Å². The van der Waals surface area contributed by atoms with Crippen LogP contribution in [-0.2, 0) is 19.6 Å². The van der Waals surface area contributed by atoms with Crippen molar-refractivity contribution in [3.8, 4) is 0 Å². The fourth-order valence-corrected chi connectivity index (χ4v) is 4.12. The van der Waals surface area contributed by atoms with Crippen molar-refractivity contribution >= 4 is 16.0 Å². The van der Waals surface area contributed by atoms with Crippen molar-refractivity contribution in [2.24, 2.45) is 0 Å². The molecular weight excluding hydrogens is 309 g/mol. The lowest BCUT2D eigenvalue weighted by Gasteiger charge is -2.34. The summed E-state index contributed by atoms with van der Waals surface area (Å²) in [6.07, 6.45) is -0.986. The molecule has 1 aromatic rings. The van der Waals surface area contributed by atoms with Gasteiger partial charge in [0.2, 0.25) is 10.0 Å². The Balaban J connectivity index is 2.35. The number of carbonyl (C=O) groups is 1. The highest BCUT2D eigenvalue weighted by Crippen LogP contribution is 2.27. The van der Waals surface area contributed by atoms with E-state index in [0.717, 1.165) is 9.87 Å². The Morgan fingerprint density at radius 1 is 1.32 bits per heavy atom. The third kappa shape index (κ3) is 3.47. The van der Waals surface area contributed by atoms with Crippen LogP contribution in [0.5, 0.6) is 0 Å². The number of hydrogen-bond acceptors (Lipinski definition) is 4. The Hall–Kier alpha value is -1.47. The summed E-state index contributed by atoms with van der Waals surface area (Å²) in [4.78, 5) is 12.1. The third-order valence-electron chi connectivity index (χ3n) is 3.67. The lowest BCUT2D eigenvalue weighted by atomic mass is 10.0. The zero-order valence-corrected chi connectivity index (χ0v) is 13.5. The van der Waals surface area contributed by atoms with Gasteiger partial charge in [0.05, 0.1) is 11.5 Å². The van der Waals surface area contributed by atoms with E-state index in [2.05, 4.69) is 0 Å². The SMILES string of the molecule is CCOC(=O)C1CC[C@@H](F)CN1S(=O)(=O)c1ccc(C)cc1. The molecule has 2 rings (SSSR count). The second kappa shape index (κ2) is 6.75. The zero-order chi connectivity index (χ0) is 16.3. The minimum Gasteiger partial charge on any atom is -0.465 e. The largest absolute Gasteiger partial charge is 0.465 e. The first-order chi connectivity index (χ1) is 10.4. The molecule has 1 unspecified atom stereocenters. The summed E-state index contributed by atoms with van der Waals surface area (Å²) in [6.45, 7) is 3.33. The predicted octanol–water partition coefficient (Wildman–Crippen LogP) is 2.05. The van der Waals surface area contributed by atoms with E-state index < -0.39 is 28.2 Å². The zero-order valence-electron chi connectivity index (χ0n) is 12.7.